The third-order valence-corrected chi connectivity index (χ3v) is 8.69. The zero-order valence-corrected chi connectivity index (χ0v) is 30.1. The van der Waals surface area contributed by atoms with E-state index in [1.54, 1.807) is 12.1 Å². The van der Waals surface area contributed by atoms with Crippen LogP contribution in [-0.4, -0.2) is 11.4 Å². The van der Waals surface area contributed by atoms with Gasteiger partial charge in [-0.3, -0.25) is 0 Å². The smallest absolute Gasteiger partial charge is 0.873 e. The molecule has 47 heavy (non-hydrogen) atoms. The van der Waals surface area contributed by atoms with Gasteiger partial charge in [-0.15, -0.1) is 11.5 Å². The molecule has 0 amide bonds. The summed E-state index contributed by atoms with van der Waals surface area (Å²) in [6.07, 6.45) is 0. The monoisotopic (exact) mass is 666 g/mol. The molecule has 0 N–H and O–H groups in total. The van der Waals surface area contributed by atoms with Crippen LogP contribution in [0.3, 0.4) is 0 Å². The molecule has 0 bridgehead atoms. The number of rotatable bonds is 2. The molecule has 1 aliphatic carbocycles. The van der Waals surface area contributed by atoms with E-state index in [-0.39, 0.29) is 38.8 Å². The molecule has 1 aliphatic rings. The summed E-state index contributed by atoms with van der Waals surface area (Å²) < 4.78 is 0. The number of hydrogen-bond donors (Lipinski definition) is 0. The van der Waals surface area contributed by atoms with Crippen LogP contribution >= 0.6 is 0 Å². The first kappa shape index (κ1) is 35.6. The van der Waals surface area contributed by atoms with Gasteiger partial charge in [-0.25, -0.2) is 9.98 Å². The maximum atomic E-state index is 12.0. The predicted octanol–water partition coefficient (Wildman–Crippen LogP) is 9.75. The van der Waals surface area contributed by atoms with Crippen LogP contribution in [0.25, 0.3) is 10.8 Å². The van der Waals surface area contributed by atoms with Crippen molar-refractivity contribution in [2.75, 3.05) is 0 Å². The number of hydrogen-bond acceptors (Lipinski definition) is 4. The van der Waals surface area contributed by atoms with Gasteiger partial charge in [0.1, 0.15) is 0 Å². The summed E-state index contributed by atoms with van der Waals surface area (Å²) in [5.74, 6) is -0.695. The van der Waals surface area contributed by atoms with Crippen LogP contribution in [0.4, 0.5) is 11.4 Å². The van der Waals surface area contributed by atoms with Gasteiger partial charge in [0.05, 0.1) is 22.8 Å². The Balaban J connectivity index is 0.000000252. The van der Waals surface area contributed by atoms with Crippen LogP contribution in [-0.2, 0) is 27.3 Å². The Morgan fingerprint density at radius 1 is 0.468 bits per heavy atom. The summed E-state index contributed by atoms with van der Waals surface area (Å²) in [5.41, 5.74) is 11.7. The van der Waals surface area contributed by atoms with E-state index in [1.165, 1.54) is 33.0 Å². The normalized spacial score (nSPS) is 14.3. The van der Waals surface area contributed by atoms with Gasteiger partial charge in [-0.05, 0) is 66.2 Å². The van der Waals surface area contributed by atoms with Gasteiger partial charge in [0.2, 0.25) is 0 Å². The second-order valence-electron chi connectivity index (χ2n) is 14.4. The topological polar surface area (TPSA) is 70.8 Å². The van der Waals surface area contributed by atoms with E-state index in [9.17, 15) is 10.2 Å². The van der Waals surface area contributed by atoms with Gasteiger partial charge in [0, 0.05) is 16.5 Å². The number of aryl methyl sites for hydroxylation is 4. The molecule has 0 unspecified atom stereocenters. The standard InChI is InChI=1S/C28H24N2.C14H22O2.Ni/c1-17-9-5-10-18(2)25(17)29-27-22-15-7-13-21-14-8-16-23(24(21)22)28(27)30-26-19(3)11-6-12-20(26)4;1-13(2,3)9-7-8-10(14(4,5)6)12(16)11(9)15;/h5-16H,1-4H3;7-8,15-16H,1-6H3;/q;;+2/p-2. The molecule has 5 aromatic carbocycles. The maximum absolute atomic E-state index is 12.0. The van der Waals surface area contributed by atoms with Gasteiger partial charge >= 0.3 is 16.5 Å². The summed E-state index contributed by atoms with van der Waals surface area (Å²) in [5, 5.41) is 26.4. The SMILES string of the molecule is CC(C)(C)c1ccc(C(C)(C)C)c([O-])c1[O-].Cc1cccc(C)c1N=C1C(=Nc2c(C)cccc2C)c2cccc3cccc1c23.[Ni+2]. The third-order valence-electron chi connectivity index (χ3n) is 8.69. The molecule has 244 valence electrons. The van der Waals surface area contributed by atoms with E-state index >= 15 is 0 Å². The van der Waals surface area contributed by atoms with Gasteiger partial charge in [0.25, 0.3) is 0 Å². The van der Waals surface area contributed by atoms with E-state index < -0.39 is 0 Å². The van der Waals surface area contributed by atoms with Gasteiger partial charge < -0.3 is 10.2 Å². The number of aliphatic imine (C=N–C) groups is 2. The van der Waals surface area contributed by atoms with E-state index in [0.717, 1.165) is 33.9 Å². The number of nitrogens with zero attached hydrogens (tertiary/aromatic N) is 2. The van der Waals surface area contributed by atoms with Crippen molar-refractivity contribution < 1.29 is 26.7 Å². The molecule has 5 aromatic rings. The van der Waals surface area contributed by atoms with Crippen molar-refractivity contribution in [1.29, 1.82) is 0 Å². The molecule has 0 heterocycles. The van der Waals surface area contributed by atoms with Crippen molar-refractivity contribution in [2.45, 2.75) is 80.1 Å². The molecule has 0 aliphatic heterocycles. The first-order valence-corrected chi connectivity index (χ1v) is 15.9. The molecule has 5 heteroatoms. The molecule has 0 fully saturated rings. The first-order chi connectivity index (χ1) is 21.6. The van der Waals surface area contributed by atoms with Crippen molar-refractivity contribution in [2.24, 2.45) is 9.98 Å². The maximum Gasteiger partial charge on any atom is 2.00 e. The fourth-order valence-electron chi connectivity index (χ4n) is 6.15. The Morgan fingerprint density at radius 3 is 1.11 bits per heavy atom. The van der Waals surface area contributed by atoms with Crippen LogP contribution in [0.2, 0.25) is 0 Å². The first-order valence-electron chi connectivity index (χ1n) is 15.9. The van der Waals surface area contributed by atoms with E-state index in [2.05, 4.69) is 100 Å². The summed E-state index contributed by atoms with van der Waals surface area (Å²) in [7, 11) is 0. The van der Waals surface area contributed by atoms with E-state index in [1.807, 2.05) is 41.5 Å². The fraction of sp³-hybridized carbons (Fsp3) is 0.286. The summed E-state index contributed by atoms with van der Waals surface area (Å²) in [6.45, 7) is 20.2. The Labute approximate surface area is 290 Å². The Kier molecular flexibility index (Phi) is 10.2. The Bertz CT molecular complexity index is 1840. The van der Waals surface area contributed by atoms with Crippen LogP contribution in [0.15, 0.2) is 94.9 Å². The molecule has 0 aromatic heterocycles. The minimum atomic E-state index is -0.347. The van der Waals surface area contributed by atoms with Gasteiger partial charge in [-0.2, -0.15) is 0 Å². The van der Waals surface area contributed by atoms with Gasteiger partial charge in [0.15, 0.2) is 0 Å². The zero-order chi connectivity index (χ0) is 33.6. The van der Waals surface area contributed by atoms with Crippen LogP contribution in [0.1, 0.15) is 86.1 Å². The molecule has 4 nitrogen and oxygen atoms in total. The molecule has 0 spiro atoms. The molecule has 6 rings (SSSR count). The molecular formula is C42H44N2NiO2. The minimum absolute atomic E-state index is 0. The summed E-state index contributed by atoms with van der Waals surface area (Å²) in [4.78, 5) is 10.4. The van der Waals surface area contributed by atoms with Crippen molar-refractivity contribution in [1.82, 2.24) is 0 Å². The van der Waals surface area contributed by atoms with Crippen LogP contribution in [0.5, 0.6) is 11.5 Å². The molecule has 0 saturated heterocycles. The van der Waals surface area contributed by atoms with Crippen LogP contribution < -0.4 is 10.2 Å². The predicted molar refractivity (Wildman–Crippen MR) is 191 cm³/mol. The second-order valence-corrected chi connectivity index (χ2v) is 14.4. The van der Waals surface area contributed by atoms with E-state index in [0.29, 0.717) is 11.1 Å². The third kappa shape index (κ3) is 7.06. The largest absolute Gasteiger partial charge is 2.00 e. The second kappa shape index (κ2) is 13.5. The van der Waals surface area contributed by atoms with Crippen molar-refractivity contribution in [3.63, 3.8) is 0 Å². The van der Waals surface area contributed by atoms with Crippen molar-refractivity contribution in [3.8, 4) is 11.5 Å². The van der Waals surface area contributed by atoms with Crippen LogP contribution in [0, 0.1) is 27.7 Å². The zero-order valence-electron chi connectivity index (χ0n) is 29.1. The number of benzene rings is 5. The average molecular weight is 668 g/mol. The molecule has 0 saturated carbocycles. The Morgan fingerprint density at radius 2 is 0.787 bits per heavy atom. The summed E-state index contributed by atoms with van der Waals surface area (Å²) in [6, 6.07) is 29.2. The van der Waals surface area contributed by atoms with Crippen molar-refractivity contribution >= 4 is 33.6 Å². The van der Waals surface area contributed by atoms with Gasteiger partial charge in [-0.1, -0.05) is 138 Å². The minimum Gasteiger partial charge on any atom is -0.873 e. The quantitative estimate of drug-likeness (QED) is 0.176. The summed E-state index contributed by atoms with van der Waals surface area (Å²) >= 11 is 0. The average Bonchev–Trinajstić information content (AvgIpc) is 3.27. The molecular weight excluding hydrogens is 623 g/mol. The number of para-hydroxylation sites is 2. The molecule has 0 atom stereocenters. The Hall–Kier alpha value is -4.21. The fourth-order valence-corrected chi connectivity index (χ4v) is 6.15. The molecule has 0 radical (unpaired) electrons. The van der Waals surface area contributed by atoms with E-state index in [4.69, 9.17) is 9.98 Å². The van der Waals surface area contributed by atoms with Crippen molar-refractivity contribution in [3.05, 3.63) is 129 Å².